The van der Waals surface area contributed by atoms with Crippen LogP contribution in [0.2, 0.25) is 0 Å². The van der Waals surface area contributed by atoms with Gasteiger partial charge in [-0.25, -0.2) is 9.59 Å². The third-order valence-corrected chi connectivity index (χ3v) is 3.76. The molecular formula is C17H27N3O5. The van der Waals surface area contributed by atoms with Crippen LogP contribution in [0, 0.1) is 0 Å². The molecule has 8 nitrogen and oxygen atoms in total. The Kier molecular flexibility index (Phi) is 6.05. The fourth-order valence-electron chi connectivity index (χ4n) is 2.70. The average Bonchev–Trinajstić information content (AvgIpc) is 2.89. The minimum absolute atomic E-state index is 0.265. The topological polar surface area (TPSA) is 82.9 Å². The third-order valence-electron chi connectivity index (χ3n) is 3.76. The fraction of sp³-hybridized carbons (Fsp3) is 0.706. The lowest BCUT2D eigenvalue weighted by atomic mass is 10.1. The number of methoxy groups -OCH3 is 1. The first-order chi connectivity index (χ1) is 11.8. The zero-order chi connectivity index (χ0) is 18.6. The van der Waals surface area contributed by atoms with E-state index in [1.54, 1.807) is 23.6 Å². The van der Waals surface area contributed by atoms with Crippen LogP contribution in [0.15, 0.2) is 0 Å². The van der Waals surface area contributed by atoms with Gasteiger partial charge in [0.2, 0.25) is 0 Å². The van der Waals surface area contributed by atoms with Crippen molar-refractivity contribution in [2.75, 3.05) is 26.9 Å². The summed E-state index contributed by atoms with van der Waals surface area (Å²) in [4.78, 5) is 26.2. The molecule has 0 saturated heterocycles. The van der Waals surface area contributed by atoms with Gasteiger partial charge < -0.3 is 19.1 Å². The van der Waals surface area contributed by atoms with Crippen LogP contribution in [-0.2, 0) is 33.7 Å². The second-order valence-corrected chi connectivity index (χ2v) is 6.86. The summed E-state index contributed by atoms with van der Waals surface area (Å²) in [5.41, 5.74) is 1.37. The molecule has 1 aliphatic rings. The van der Waals surface area contributed by atoms with Gasteiger partial charge in [0.05, 0.1) is 26.3 Å². The first-order valence-corrected chi connectivity index (χ1v) is 8.49. The highest BCUT2D eigenvalue weighted by Crippen LogP contribution is 2.25. The van der Waals surface area contributed by atoms with Crippen molar-refractivity contribution < 1.29 is 23.8 Å². The maximum atomic E-state index is 12.3. The summed E-state index contributed by atoms with van der Waals surface area (Å²) in [6.45, 7) is 9.34. The molecule has 0 saturated carbocycles. The maximum Gasteiger partial charge on any atom is 0.410 e. The van der Waals surface area contributed by atoms with E-state index in [0.29, 0.717) is 26.1 Å². The summed E-state index contributed by atoms with van der Waals surface area (Å²) in [6.07, 6.45) is 0.211. The van der Waals surface area contributed by atoms with E-state index in [0.717, 1.165) is 11.3 Å². The van der Waals surface area contributed by atoms with Gasteiger partial charge >= 0.3 is 12.1 Å². The Morgan fingerprint density at radius 1 is 1.28 bits per heavy atom. The van der Waals surface area contributed by atoms with Gasteiger partial charge in [0.1, 0.15) is 5.60 Å². The number of esters is 1. The van der Waals surface area contributed by atoms with E-state index >= 15 is 0 Å². The van der Waals surface area contributed by atoms with Crippen LogP contribution in [0.1, 0.15) is 49.4 Å². The van der Waals surface area contributed by atoms with Gasteiger partial charge in [-0.3, -0.25) is 4.68 Å². The van der Waals surface area contributed by atoms with E-state index in [-0.39, 0.29) is 18.8 Å². The SMILES string of the molecule is CCOC(=O)c1nn(CCOC)c2c1CN(C(=O)OC(C)(C)C)CC2. The van der Waals surface area contributed by atoms with E-state index in [4.69, 9.17) is 14.2 Å². The number of rotatable bonds is 5. The van der Waals surface area contributed by atoms with Crippen molar-refractivity contribution >= 4 is 12.1 Å². The Balaban J connectivity index is 2.27. The van der Waals surface area contributed by atoms with E-state index in [9.17, 15) is 9.59 Å². The molecule has 0 N–H and O–H groups in total. The lowest BCUT2D eigenvalue weighted by Crippen LogP contribution is -2.40. The number of fused-ring (bicyclic) bond motifs is 1. The van der Waals surface area contributed by atoms with E-state index in [1.807, 2.05) is 20.8 Å². The molecule has 0 fully saturated rings. The molecule has 0 spiro atoms. The van der Waals surface area contributed by atoms with Crippen LogP contribution in [0.3, 0.4) is 0 Å². The van der Waals surface area contributed by atoms with Crippen molar-refractivity contribution in [3.63, 3.8) is 0 Å². The van der Waals surface area contributed by atoms with E-state index in [1.165, 1.54) is 0 Å². The number of hydrogen-bond acceptors (Lipinski definition) is 6. The Morgan fingerprint density at radius 2 is 2.00 bits per heavy atom. The molecule has 0 atom stereocenters. The minimum atomic E-state index is -0.565. The molecule has 140 valence electrons. The third kappa shape index (κ3) is 4.72. The number of carbonyl (C=O) groups is 2. The Bertz CT molecular complexity index is 633. The molecule has 0 unspecified atom stereocenters. The highest BCUT2D eigenvalue weighted by atomic mass is 16.6. The second-order valence-electron chi connectivity index (χ2n) is 6.86. The second kappa shape index (κ2) is 7.86. The highest BCUT2D eigenvalue weighted by molar-refractivity contribution is 5.89. The molecule has 1 aromatic rings. The largest absolute Gasteiger partial charge is 0.461 e. The van der Waals surface area contributed by atoms with Gasteiger partial charge in [-0.05, 0) is 27.7 Å². The molecule has 8 heteroatoms. The molecule has 0 radical (unpaired) electrons. The standard InChI is InChI=1S/C17H27N3O5/c1-6-24-15(21)14-12-11-19(16(22)25-17(2,3)4)8-7-13(12)20(18-14)9-10-23-5/h6-11H2,1-5H3. The molecule has 0 bridgehead atoms. The van der Waals surface area contributed by atoms with E-state index in [2.05, 4.69) is 5.10 Å². The fourth-order valence-corrected chi connectivity index (χ4v) is 2.70. The monoisotopic (exact) mass is 353 g/mol. The number of nitrogens with zero attached hydrogens (tertiary/aromatic N) is 3. The van der Waals surface area contributed by atoms with E-state index < -0.39 is 17.7 Å². The molecule has 0 aliphatic carbocycles. The predicted molar refractivity (Wildman–Crippen MR) is 90.4 cm³/mol. The van der Waals surface area contributed by atoms with Crippen LogP contribution >= 0.6 is 0 Å². The lowest BCUT2D eigenvalue weighted by molar-refractivity contribution is 0.0218. The zero-order valence-corrected chi connectivity index (χ0v) is 15.6. The number of hydrogen-bond donors (Lipinski definition) is 0. The molecule has 1 amide bonds. The van der Waals surface area contributed by atoms with Gasteiger partial charge in [-0.2, -0.15) is 5.10 Å². The normalized spacial score (nSPS) is 14.2. The highest BCUT2D eigenvalue weighted by Gasteiger charge is 2.32. The quantitative estimate of drug-likeness (QED) is 0.753. The lowest BCUT2D eigenvalue weighted by Gasteiger charge is -2.30. The summed E-state index contributed by atoms with van der Waals surface area (Å²) in [5.74, 6) is -0.471. The Labute approximate surface area is 148 Å². The van der Waals surface area contributed by atoms with Crippen molar-refractivity contribution in [3.05, 3.63) is 17.0 Å². The average molecular weight is 353 g/mol. The van der Waals surface area contributed by atoms with Gasteiger partial charge in [-0.1, -0.05) is 0 Å². The smallest absolute Gasteiger partial charge is 0.410 e. The predicted octanol–water partition coefficient (Wildman–Crippen LogP) is 2.00. The molecule has 2 heterocycles. The van der Waals surface area contributed by atoms with Crippen LogP contribution in [0.4, 0.5) is 4.79 Å². The first kappa shape index (κ1) is 19.2. The summed E-state index contributed by atoms with van der Waals surface area (Å²) in [7, 11) is 1.62. The number of amides is 1. The number of aromatic nitrogens is 2. The van der Waals surface area contributed by atoms with Crippen LogP contribution in [-0.4, -0.2) is 59.2 Å². The summed E-state index contributed by atoms with van der Waals surface area (Å²) >= 11 is 0. The summed E-state index contributed by atoms with van der Waals surface area (Å²) in [6, 6.07) is 0. The van der Waals surface area contributed by atoms with Gasteiger partial charge in [0.15, 0.2) is 5.69 Å². The summed E-state index contributed by atoms with van der Waals surface area (Å²) < 4.78 is 17.4. The van der Waals surface area contributed by atoms with Crippen molar-refractivity contribution in [1.82, 2.24) is 14.7 Å². The van der Waals surface area contributed by atoms with Gasteiger partial charge in [0.25, 0.3) is 0 Å². The molecule has 1 aliphatic heterocycles. The molecule has 1 aromatic heterocycles. The van der Waals surface area contributed by atoms with Crippen molar-refractivity contribution in [3.8, 4) is 0 Å². The summed E-state index contributed by atoms with van der Waals surface area (Å²) in [5, 5.41) is 4.40. The van der Waals surface area contributed by atoms with Crippen LogP contribution < -0.4 is 0 Å². The molecule has 25 heavy (non-hydrogen) atoms. The van der Waals surface area contributed by atoms with Crippen molar-refractivity contribution in [2.45, 2.75) is 52.8 Å². The molecule has 0 aromatic carbocycles. The number of ether oxygens (including phenoxy) is 3. The van der Waals surface area contributed by atoms with Crippen molar-refractivity contribution in [2.24, 2.45) is 0 Å². The van der Waals surface area contributed by atoms with Crippen molar-refractivity contribution in [1.29, 1.82) is 0 Å². The first-order valence-electron chi connectivity index (χ1n) is 8.49. The number of carbonyl (C=O) groups excluding carboxylic acids is 2. The maximum absolute atomic E-state index is 12.3. The van der Waals surface area contributed by atoms with Gasteiger partial charge in [-0.15, -0.1) is 0 Å². The Morgan fingerprint density at radius 3 is 2.60 bits per heavy atom. The molecular weight excluding hydrogens is 326 g/mol. The van der Waals surface area contributed by atoms with Crippen LogP contribution in [0.5, 0.6) is 0 Å². The van der Waals surface area contributed by atoms with Crippen LogP contribution in [0.25, 0.3) is 0 Å². The zero-order valence-electron chi connectivity index (χ0n) is 15.6. The molecule has 2 rings (SSSR count). The van der Waals surface area contributed by atoms with Gasteiger partial charge in [0, 0.05) is 31.3 Å². The minimum Gasteiger partial charge on any atom is -0.461 e. The Hall–Kier alpha value is -2.09.